The number of anilines is 2. The van der Waals surface area contributed by atoms with Gasteiger partial charge in [-0.2, -0.15) is 0 Å². The van der Waals surface area contributed by atoms with E-state index < -0.39 is 6.04 Å². The fraction of sp³-hybridized carbons (Fsp3) is 0.125. The predicted molar refractivity (Wildman–Crippen MR) is 113 cm³/mol. The highest BCUT2D eigenvalue weighted by molar-refractivity contribution is 6.21. The lowest BCUT2D eigenvalue weighted by atomic mass is 9.95. The summed E-state index contributed by atoms with van der Waals surface area (Å²) in [6.45, 7) is 0.403. The van der Waals surface area contributed by atoms with Gasteiger partial charge in [-0.1, -0.05) is 24.3 Å². The Morgan fingerprint density at radius 1 is 0.903 bits per heavy atom. The van der Waals surface area contributed by atoms with E-state index in [1.165, 1.54) is 29.2 Å². The van der Waals surface area contributed by atoms with Crippen molar-refractivity contribution in [2.45, 2.75) is 19.0 Å². The van der Waals surface area contributed by atoms with Crippen molar-refractivity contribution in [2.24, 2.45) is 0 Å². The van der Waals surface area contributed by atoms with Gasteiger partial charge in [0.15, 0.2) is 0 Å². The third kappa shape index (κ3) is 3.34. The van der Waals surface area contributed by atoms with Crippen LogP contribution >= 0.6 is 0 Å². The highest BCUT2D eigenvalue weighted by Gasteiger charge is 2.47. The van der Waals surface area contributed by atoms with Gasteiger partial charge in [-0.05, 0) is 59.7 Å². The molecule has 0 bridgehead atoms. The van der Waals surface area contributed by atoms with Crippen molar-refractivity contribution < 1.29 is 18.8 Å². The second kappa shape index (κ2) is 7.36. The molecule has 3 aromatic rings. The van der Waals surface area contributed by atoms with Crippen LogP contribution in [0, 0.1) is 5.82 Å². The number of halogens is 1. The van der Waals surface area contributed by atoms with E-state index in [1.54, 1.807) is 29.2 Å². The summed E-state index contributed by atoms with van der Waals surface area (Å²) < 4.78 is 13.0. The first-order valence-corrected chi connectivity index (χ1v) is 9.89. The first-order valence-electron chi connectivity index (χ1n) is 9.89. The Morgan fingerprint density at radius 3 is 2.29 bits per heavy atom. The molecular weight excluding hydrogens is 397 g/mol. The summed E-state index contributed by atoms with van der Waals surface area (Å²) in [4.78, 5) is 41.2. The van der Waals surface area contributed by atoms with Crippen molar-refractivity contribution in [1.82, 2.24) is 4.90 Å². The minimum Gasteiger partial charge on any atom is -0.322 e. The molecule has 5 rings (SSSR count). The minimum atomic E-state index is -0.510. The molecule has 1 N–H and O–H groups in total. The molecular formula is C24H18FN3O3. The van der Waals surface area contributed by atoms with Crippen LogP contribution in [0.25, 0.3) is 0 Å². The number of hydrogen-bond donors (Lipinski definition) is 1. The van der Waals surface area contributed by atoms with E-state index >= 15 is 0 Å². The van der Waals surface area contributed by atoms with Crippen molar-refractivity contribution in [1.29, 1.82) is 0 Å². The van der Waals surface area contributed by atoms with E-state index in [9.17, 15) is 18.8 Å². The number of nitrogens with one attached hydrogen (secondary N) is 1. The van der Waals surface area contributed by atoms with E-state index in [0.717, 1.165) is 11.1 Å². The van der Waals surface area contributed by atoms with Crippen LogP contribution in [-0.4, -0.2) is 28.8 Å². The number of benzene rings is 3. The second-order valence-corrected chi connectivity index (χ2v) is 7.58. The van der Waals surface area contributed by atoms with Gasteiger partial charge in [0.05, 0.1) is 5.69 Å². The number of urea groups is 1. The fourth-order valence-corrected chi connectivity index (χ4v) is 4.05. The van der Waals surface area contributed by atoms with Gasteiger partial charge in [-0.15, -0.1) is 0 Å². The van der Waals surface area contributed by atoms with Gasteiger partial charge in [0.2, 0.25) is 0 Å². The number of carbonyl (C=O) groups is 3. The lowest BCUT2D eigenvalue weighted by molar-refractivity contribution is -0.120. The molecule has 4 amide bonds. The van der Waals surface area contributed by atoms with Gasteiger partial charge in [0, 0.05) is 24.2 Å². The maximum absolute atomic E-state index is 13.0. The molecule has 0 unspecified atom stereocenters. The zero-order valence-electron chi connectivity index (χ0n) is 16.4. The molecule has 31 heavy (non-hydrogen) atoms. The summed E-state index contributed by atoms with van der Waals surface area (Å²) in [6.07, 6.45) is 0.495. The van der Waals surface area contributed by atoms with Gasteiger partial charge in [0.1, 0.15) is 11.9 Å². The Bertz CT molecular complexity index is 1150. The van der Waals surface area contributed by atoms with Crippen LogP contribution < -0.4 is 10.2 Å². The van der Waals surface area contributed by atoms with E-state index in [1.807, 2.05) is 24.3 Å². The Hall–Kier alpha value is -4.00. The number of rotatable bonds is 3. The molecule has 0 saturated carbocycles. The number of nitrogens with zero attached hydrogens (tertiary/aromatic N) is 2. The lowest BCUT2D eigenvalue weighted by Gasteiger charge is -2.28. The van der Waals surface area contributed by atoms with E-state index in [0.29, 0.717) is 29.9 Å². The largest absolute Gasteiger partial charge is 0.332 e. The van der Waals surface area contributed by atoms with Crippen molar-refractivity contribution in [3.8, 4) is 0 Å². The average Bonchev–Trinajstić information content (AvgIpc) is 3.03. The van der Waals surface area contributed by atoms with E-state index in [2.05, 4.69) is 5.32 Å². The maximum atomic E-state index is 13.0. The van der Waals surface area contributed by atoms with Gasteiger partial charge >= 0.3 is 6.03 Å². The summed E-state index contributed by atoms with van der Waals surface area (Å²) in [6, 6.07) is 18.7. The Labute approximate surface area is 177 Å². The Morgan fingerprint density at radius 2 is 1.58 bits per heavy atom. The Balaban J connectivity index is 1.34. The zero-order valence-corrected chi connectivity index (χ0v) is 16.4. The molecule has 0 aromatic heterocycles. The monoisotopic (exact) mass is 415 g/mol. The highest BCUT2D eigenvalue weighted by Crippen LogP contribution is 2.33. The third-order valence-electron chi connectivity index (χ3n) is 5.68. The van der Waals surface area contributed by atoms with Gasteiger partial charge in [-0.25, -0.2) is 14.1 Å². The minimum absolute atomic E-state index is 0.261. The average molecular weight is 415 g/mol. The van der Waals surface area contributed by atoms with Gasteiger partial charge in [-0.3, -0.25) is 9.59 Å². The fourth-order valence-electron chi connectivity index (χ4n) is 4.05. The number of fused-ring (bicyclic) bond motifs is 2. The molecule has 2 heterocycles. The van der Waals surface area contributed by atoms with E-state index in [-0.39, 0.29) is 23.7 Å². The predicted octanol–water partition coefficient (Wildman–Crippen LogP) is 3.97. The molecule has 154 valence electrons. The van der Waals surface area contributed by atoms with Crippen LogP contribution in [0.3, 0.4) is 0 Å². The highest BCUT2D eigenvalue weighted by atomic mass is 19.1. The normalized spacial score (nSPS) is 17.4. The first-order chi connectivity index (χ1) is 15.0. The lowest BCUT2D eigenvalue weighted by Crippen LogP contribution is -2.39. The molecule has 6 nitrogen and oxygen atoms in total. The number of carbonyl (C=O) groups excluding carboxylic acids is 3. The first kappa shape index (κ1) is 19.0. The molecule has 2 aliphatic heterocycles. The smallest absolute Gasteiger partial charge is 0.322 e. The van der Waals surface area contributed by atoms with Crippen LogP contribution in [0.4, 0.5) is 20.6 Å². The molecule has 1 fully saturated rings. The summed E-state index contributed by atoms with van der Waals surface area (Å²) in [5.74, 6) is -1.02. The SMILES string of the molecule is O=C(Nc1ccc(F)cc1)c1ccc(N2C(=O)[C@@H]3Cc4ccccc4CN3C2=O)cc1. The standard InChI is InChI=1S/C24H18FN3O3/c25-18-7-9-19(10-8-18)26-22(29)15-5-11-20(12-6-15)28-23(30)21-13-16-3-1-2-4-17(16)14-27(21)24(28)31/h1-12,21H,13-14H2,(H,26,29)/t21-/m0/s1. The number of amides is 4. The summed E-state index contributed by atoms with van der Waals surface area (Å²) in [5.41, 5.74) is 3.38. The third-order valence-corrected chi connectivity index (χ3v) is 5.68. The number of imide groups is 1. The van der Waals surface area contributed by atoms with Crippen molar-refractivity contribution in [3.05, 3.63) is 95.3 Å². The topological polar surface area (TPSA) is 69.7 Å². The number of hydrogen-bond acceptors (Lipinski definition) is 3. The molecule has 7 heteroatoms. The van der Waals surface area contributed by atoms with Crippen LogP contribution in [0.15, 0.2) is 72.8 Å². The molecule has 0 spiro atoms. The molecule has 0 radical (unpaired) electrons. The summed E-state index contributed by atoms with van der Waals surface area (Å²) in [5, 5.41) is 2.68. The van der Waals surface area contributed by atoms with Crippen LogP contribution in [0.5, 0.6) is 0 Å². The second-order valence-electron chi connectivity index (χ2n) is 7.58. The molecule has 1 saturated heterocycles. The molecule has 2 aliphatic rings. The maximum Gasteiger partial charge on any atom is 0.332 e. The molecule has 0 aliphatic carbocycles. The Kier molecular flexibility index (Phi) is 4.51. The van der Waals surface area contributed by atoms with Crippen LogP contribution in [0.1, 0.15) is 21.5 Å². The van der Waals surface area contributed by atoms with Crippen LogP contribution in [-0.2, 0) is 17.8 Å². The summed E-state index contributed by atoms with van der Waals surface area (Å²) in [7, 11) is 0. The quantitative estimate of drug-likeness (QED) is 0.658. The van der Waals surface area contributed by atoms with Gasteiger partial charge in [0.25, 0.3) is 11.8 Å². The van der Waals surface area contributed by atoms with Gasteiger partial charge < -0.3 is 10.2 Å². The van der Waals surface area contributed by atoms with Crippen molar-refractivity contribution >= 4 is 29.2 Å². The van der Waals surface area contributed by atoms with Crippen molar-refractivity contribution in [3.63, 3.8) is 0 Å². The molecule has 3 aromatic carbocycles. The van der Waals surface area contributed by atoms with Crippen LogP contribution in [0.2, 0.25) is 0 Å². The zero-order chi connectivity index (χ0) is 21.5. The van der Waals surface area contributed by atoms with E-state index in [4.69, 9.17) is 0 Å². The summed E-state index contributed by atoms with van der Waals surface area (Å²) >= 11 is 0. The molecule has 1 atom stereocenters. The van der Waals surface area contributed by atoms with Crippen molar-refractivity contribution in [2.75, 3.05) is 10.2 Å².